The minimum absolute atomic E-state index is 0.388. The van der Waals surface area contributed by atoms with E-state index in [1.54, 1.807) is 7.11 Å². The van der Waals surface area contributed by atoms with E-state index in [1.807, 2.05) is 91.0 Å². The Balaban J connectivity index is 2.06. The molecule has 0 saturated carbocycles. The lowest BCUT2D eigenvalue weighted by molar-refractivity contribution is 0.146. The first-order valence-electron chi connectivity index (χ1n) is 9.67. The summed E-state index contributed by atoms with van der Waals surface area (Å²) in [4.78, 5) is 0. The monoisotopic (exact) mass is 406 g/mol. The molecule has 3 aromatic carbocycles. The molecule has 0 aliphatic carbocycles. The molecule has 0 amide bonds. The zero-order valence-electron chi connectivity index (χ0n) is 16.9. The van der Waals surface area contributed by atoms with Crippen LogP contribution in [-0.2, 0) is 9.16 Å². The number of hydrogen-bond acceptors (Lipinski definition) is 2. The van der Waals surface area contributed by atoms with Crippen molar-refractivity contribution in [3.63, 3.8) is 0 Å². The van der Waals surface area contributed by atoms with Gasteiger partial charge in [-0.3, -0.25) is 0 Å². The molecule has 2 nitrogen and oxygen atoms in total. The molecular formula is C27H22O2Si. The summed E-state index contributed by atoms with van der Waals surface area (Å²) in [6.45, 7) is 0.848. The topological polar surface area (TPSA) is 18.5 Å². The van der Waals surface area contributed by atoms with Crippen LogP contribution < -0.4 is 0 Å². The zero-order valence-corrected chi connectivity index (χ0v) is 17.9. The molecule has 0 fully saturated rings. The number of rotatable bonds is 4. The van der Waals surface area contributed by atoms with Gasteiger partial charge in [0.1, 0.15) is 0 Å². The molecule has 146 valence electrons. The third-order valence-electron chi connectivity index (χ3n) is 4.08. The maximum atomic E-state index is 6.23. The molecule has 0 N–H and O–H groups in total. The molecular weight excluding hydrogens is 384 g/mol. The van der Waals surface area contributed by atoms with Gasteiger partial charge in [0.05, 0.1) is 13.2 Å². The van der Waals surface area contributed by atoms with E-state index in [-0.39, 0.29) is 0 Å². The van der Waals surface area contributed by atoms with Gasteiger partial charge in [-0.15, -0.1) is 0 Å². The van der Waals surface area contributed by atoms with E-state index < -0.39 is 8.32 Å². The normalized spacial score (nSPS) is 9.90. The van der Waals surface area contributed by atoms with Crippen molar-refractivity contribution in [3.8, 4) is 34.4 Å². The molecule has 0 spiro atoms. The molecule has 3 aromatic rings. The fourth-order valence-corrected chi connectivity index (χ4v) is 4.28. The van der Waals surface area contributed by atoms with Crippen molar-refractivity contribution in [2.24, 2.45) is 0 Å². The Kier molecular flexibility index (Phi) is 8.10. The van der Waals surface area contributed by atoms with Crippen LogP contribution in [0.15, 0.2) is 91.0 Å². The average molecular weight is 407 g/mol. The lowest BCUT2D eigenvalue weighted by Gasteiger charge is -2.13. The van der Waals surface area contributed by atoms with Crippen LogP contribution in [0.2, 0.25) is 0 Å². The Morgan fingerprint density at radius 3 is 1.27 bits per heavy atom. The summed E-state index contributed by atoms with van der Waals surface area (Å²) >= 11 is 0. The van der Waals surface area contributed by atoms with Gasteiger partial charge in [-0.05, 0) is 36.4 Å². The number of methoxy groups -OCH3 is 1. The SMILES string of the molecule is COCCO[Si](C#Cc1ccccc1)(C#Cc1ccccc1)C#Cc1ccccc1. The van der Waals surface area contributed by atoms with Crippen LogP contribution in [-0.4, -0.2) is 28.6 Å². The summed E-state index contributed by atoms with van der Waals surface area (Å²) in [5, 5.41) is 0. The number of benzene rings is 3. The maximum absolute atomic E-state index is 6.23. The largest absolute Gasteiger partial charge is 0.438 e. The maximum Gasteiger partial charge on any atom is 0.438 e. The van der Waals surface area contributed by atoms with Gasteiger partial charge in [-0.25, -0.2) is 0 Å². The van der Waals surface area contributed by atoms with Gasteiger partial charge in [0.15, 0.2) is 0 Å². The zero-order chi connectivity index (χ0) is 20.9. The highest BCUT2D eigenvalue weighted by molar-refractivity contribution is 6.95. The molecule has 0 bridgehead atoms. The predicted molar refractivity (Wildman–Crippen MR) is 124 cm³/mol. The molecule has 30 heavy (non-hydrogen) atoms. The predicted octanol–water partition coefficient (Wildman–Crippen LogP) is 4.37. The molecule has 3 heteroatoms. The van der Waals surface area contributed by atoms with Gasteiger partial charge in [0.2, 0.25) is 0 Å². The first kappa shape index (κ1) is 21.2. The quantitative estimate of drug-likeness (QED) is 0.364. The molecule has 0 saturated heterocycles. The Bertz CT molecular complexity index is 967. The third kappa shape index (κ3) is 6.82. The van der Waals surface area contributed by atoms with Crippen molar-refractivity contribution >= 4 is 8.32 Å². The van der Waals surface area contributed by atoms with Crippen LogP contribution in [0.3, 0.4) is 0 Å². The standard InChI is InChI=1S/C27H22O2Si/c1-28-20-21-29-30(22-17-25-11-5-2-6-12-25,23-18-26-13-7-3-8-14-26)24-19-27-15-9-4-10-16-27/h2-16H,20-21H2,1H3. The Hall–Kier alpha value is -3.52. The van der Waals surface area contributed by atoms with Crippen molar-refractivity contribution in [1.82, 2.24) is 0 Å². The lowest BCUT2D eigenvalue weighted by atomic mass is 10.2. The van der Waals surface area contributed by atoms with E-state index in [1.165, 1.54) is 0 Å². The van der Waals surface area contributed by atoms with Crippen molar-refractivity contribution < 1.29 is 9.16 Å². The highest BCUT2D eigenvalue weighted by Gasteiger charge is 2.30. The summed E-state index contributed by atoms with van der Waals surface area (Å²) in [5.74, 6) is 9.68. The third-order valence-corrected chi connectivity index (χ3v) is 6.14. The van der Waals surface area contributed by atoms with E-state index in [0.717, 1.165) is 16.7 Å². The molecule has 0 aliphatic heterocycles. The highest BCUT2D eigenvalue weighted by atomic mass is 28.4. The summed E-state index contributed by atoms with van der Waals surface area (Å²) < 4.78 is 11.4. The van der Waals surface area contributed by atoms with Crippen molar-refractivity contribution in [2.75, 3.05) is 20.3 Å². The van der Waals surface area contributed by atoms with Crippen LogP contribution >= 0.6 is 0 Å². The summed E-state index contributed by atoms with van der Waals surface area (Å²) in [5.41, 5.74) is 12.7. The molecule has 0 aliphatic rings. The fraction of sp³-hybridized carbons (Fsp3) is 0.111. The second-order valence-corrected chi connectivity index (χ2v) is 8.77. The Morgan fingerprint density at radius 2 is 0.933 bits per heavy atom. The Morgan fingerprint density at radius 1 is 0.567 bits per heavy atom. The van der Waals surface area contributed by atoms with Gasteiger partial charge in [0.25, 0.3) is 0 Å². The smallest absolute Gasteiger partial charge is 0.385 e. The number of hydrogen-bond donors (Lipinski definition) is 0. The first-order chi connectivity index (χ1) is 14.8. The van der Waals surface area contributed by atoms with Crippen molar-refractivity contribution in [3.05, 3.63) is 108 Å². The molecule has 3 rings (SSSR count). The van der Waals surface area contributed by atoms with Crippen LogP contribution in [0.4, 0.5) is 0 Å². The second-order valence-electron chi connectivity index (χ2n) is 6.37. The van der Waals surface area contributed by atoms with Gasteiger partial charge < -0.3 is 9.16 Å². The van der Waals surface area contributed by atoms with E-state index in [0.29, 0.717) is 13.2 Å². The minimum Gasteiger partial charge on any atom is -0.385 e. The minimum atomic E-state index is -3.04. The summed E-state index contributed by atoms with van der Waals surface area (Å²) in [6.07, 6.45) is 0. The van der Waals surface area contributed by atoms with E-state index in [9.17, 15) is 0 Å². The molecule has 0 heterocycles. The summed E-state index contributed by atoms with van der Waals surface area (Å²) in [6, 6.07) is 29.5. The van der Waals surface area contributed by atoms with Gasteiger partial charge in [0, 0.05) is 23.8 Å². The van der Waals surface area contributed by atoms with E-state index in [2.05, 4.69) is 34.4 Å². The second kappa shape index (κ2) is 11.5. The fourth-order valence-electron chi connectivity index (χ4n) is 2.53. The highest BCUT2D eigenvalue weighted by Crippen LogP contribution is 2.07. The van der Waals surface area contributed by atoms with Crippen LogP contribution in [0.5, 0.6) is 0 Å². The van der Waals surface area contributed by atoms with E-state index >= 15 is 0 Å². The summed E-state index contributed by atoms with van der Waals surface area (Å²) in [7, 11) is -1.40. The average Bonchev–Trinajstić information content (AvgIpc) is 2.82. The van der Waals surface area contributed by atoms with Crippen LogP contribution in [0.25, 0.3) is 0 Å². The van der Waals surface area contributed by atoms with Gasteiger partial charge in [-0.2, -0.15) is 0 Å². The molecule has 0 atom stereocenters. The van der Waals surface area contributed by atoms with Crippen molar-refractivity contribution in [2.45, 2.75) is 0 Å². The molecule has 0 aromatic heterocycles. The van der Waals surface area contributed by atoms with Gasteiger partial charge >= 0.3 is 8.32 Å². The van der Waals surface area contributed by atoms with E-state index in [4.69, 9.17) is 9.16 Å². The first-order valence-corrected chi connectivity index (χ1v) is 11.6. The van der Waals surface area contributed by atoms with Crippen LogP contribution in [0, 0.1) is 34.4 Å². The number of ether oxygens (including phenoxy) is 1. The lowest BCUT2D eigenvalue weighted by Crippen LogP contribution is -2.36. The van der Waals surface area contributed by atoms with Crippen LogP contribution in [0.1, 0.15) is 16.7 Å². The molecule has 0 unspecified atom stereocenters. The Labute approximate surface area is 180 Å². The molecule has 0 radical (unpaired) electrons. The van der Waals surface area contributed by atoms with Gasteiger partial charge in [-0.1, -0.05) is 89.0 Å². The van der Waals surface area contributed by atoms with Crippen molar-refractivity contribution in [1.29, 1.82) is 0 Å².